The summed E-state index contributed by atoms with van der Waals surface area (Å²) in [5.74, 6) is 1.20. The topological polar surface area (TPSA) is 61.8 Å². The zero-order chi connectivity index (χ0) is 12.0. The minimum absolute atomic E-state index is 0.338. The Morgan fingerprint density at radius 3 is 2.88 bits per heavy atom. The van der Waals surface area contributed by atoms with Crippen LogP contribution in [0.1, 0.15) is 45.4 Å². The van der Waals surface area contributed by atoms with E-state index in [-0.39, 0.29) is 0 Å². The third-order valence-corrected chi connectivity index (χ3v) is 3.60. The maximum atomic E-state index is 8.43. The van der Waals surface area contributed by atoms with Gasteiger partial charge in [0.15, 0.2) is 0 Å². The maximum Gasteiger partial charge on any atom is 0.139 e. The number of hydrogen-bond acceptors (Lipinski definition) is 3. The predicted molar refractivity (Wildman–Crippen MR) is 66.7 cm³/mol. The molecule has 4 nitrogen and oxygen atoms in total. The monoisotopic (exact) mass is 227 g/mol. The first-order valence-corrected chi connectivity index (χ1v) is 6.30. The Bertz CT molecular complexity index is 230. The van der Waals surface area contributed by atoms with Crippen LogP contribution in [0.5, 0.6) is 0 Å². The molecule has 2 unspecified atom stereocenters. The second-order valence-corrected chi connectivity index (χ2v) is 5.10. The van der Waals surface area contributed by atoms with E-state index in [1.165, 1.54) is 25.7 Å². The second-order valence-electron chi connectivity index (χ2n) is 5.10. The minimum atomic E-state index is 0.338. The highest BCUT2D eigenvalue weighted by atomic mass is 16.4. The van der Waals surface area contributed by atoms with Gasteiger partial charge in [0.05, 0.1) is 0 Å². The summed E-state index contributed by atoms with van der Waals surface area (Å²) in [6.45, 7) is 3.38. The van der Waals surface area contributed by atoms with Gasteiger partial charge in [-0.25, -0.2) is 0 Å². The first kappa shape index (κ1) is 13.3. The summed E-state index contributed by atoms with van der Waals surface area (Å²) in [6.07, 6.45) is 7.04. The van der Waals surface area contributed by atoms with Crippen LogP contribution in [0.4, 0.5) is 0 Å². The first-order valence-electron chi connectivity index (χ1n) is 6.30. The van der Waals surface area contributed by atoms with E-state index in [9.17, 15) is 0 Å². The zero-order valence-corrected chi connectivity index (χ0v) is 10.5. The first-order chi connectivity index (χ1) is 7.63. The lowest BCUT2D eigenvalue weighted by Gasteiger charge is -2.34. The maximum absolute atomic E-state index is 8.43. The number of oxime groups is 1. The van der Waals surface area contributed by atoms with Gasteiger partial charge in [0.1, 0.15) is 5.84 Å². The standard InChI is InChI=1S/C12H25N3O/c1-10-5-3-6-11(9-10)15(2)8-4-7-12(13)14-16/h10-11,16H,3-9H2,1-2H3,(H2,13,14). The van der Waals surface area contributed by atoms with Gasteiger partial charge >= 0.3 is 0 Å². The van der Waals surface area contributed by atoms with E-state index < -0.39 is 0 Å². The van der Waals surface area contributed by atoms with Gasteiger partial charge < -0.3 is 15.8 Å². The van der Waals surface area contributed by atoms with Crippen LogP contribution in [-0.2, 0) is 0 Å². The average Bonchev–Trinajstić information content (AvgIpc) is 2.28. The van der Waals surface area contributed by atoms with Crippen molar-refractivity contribution in [3.05, 3.63) is 0 Å². The molecule has 1 aliphatic carbocycles. The second kappa shape index (κ2) is 6.74. The molecule has 3 N–H and O–H groups in total. The fourth-order valence-electron chi connectivity index (χ4n) is 2.54. The molecule has 0 bridgehead atoms. The molecule has 1 saturated carbocycles. The lowest BCUT2D eigenvalue weighted by Crippen LogP contribution is -2.36. The van der Waals surface area contributed by atoms with Crippen molar-refractivity contribution < 1.29 is 5.21 Å². The van der Waals surface area contributed by atoms with Crippen LogP contribution < -0.4 is 5.73 Å². The Labute approximate surface area is 98.5 Å². The highest BCUT2D eigenvalue weighted by molar-refractivity contribution is 5.79. The van der Waals surface area contributed by atoms with Crippen molar-refractivity contribution in [2.45, 2.75) is 51.5 Å². The molecule has 2 atom stereocenters. The molecular weight excluding hydrogens is 202 g/mol. The van der Waals surface area contributed by atoms with Gasteiger partial charge in [-0.05, 0) is 38.8 Å². The number of amidine groups is 1. The molecule has 0 radical (unpaired) electrons. The normalized spacial score (nSPS) is 27.3. The van der Waals surface area contributed by atoms with Gasteiger partial charge in [-0.1, -0.05) is 24.9 Å². The van der Waals surface area contributed by atoms with Crippen molar-refractivity contribution in [3.8, 4) is 0 Å². The minimum Gasteiger partial charge on any atom is -0.409 e. The predicted octanol–water partition coefficient (Wildman–Crippen LogP) is 2.02. The molecule has 0 aromatic rings. The van der Waals surface area contributed by atoms with E-state index in [2.05, 4.69) is 24.0 Å². The molecule has 0 aromatic carbocycles. The molecule has 0 amide bonds. The largest absolute Gasteiger partial charge is 0.409 e. The van der Waals surface area contributed by atoms with Crippen LogP contribution >= 0.6 is 0 Å². The number of nitrogens with two attached hydrogens (primary N) is 1. The summed E-state index contributed by atoms with van der Waals surface area (Å²) >= 11 is 0. The van der Waals surface area contributed by atoms with Crippen molar-refractivity contribution in [1.82, 2.24) is 4.90 Å². The summed E-state index contributed by atoms with van der Waals surface area (Å²) < 4.78 is 0. The number of hydrogen-bond donors (Lipinski definition) is 2. The van der Waals surface area contributed by atoms with Crippen molar-refractivity contribution >= 4 is 5.84 Å². The lowest BCUT2D eigenvalue weighted by atomic mass is 9.86. The highest BCUT2D eigenvalue weighted by Crippen LogP contribution is 2.26. The SMILES string of the molecule is CC1CCCC(N(C)CCCC(N)=NO)C1. The van der Waals surface area contributed by atoms with Gasteiger partial charge in [-0.15, -0.1) is 0 Å². The zero-order valence-electron chi connectivity index (χ0n) is 10.5. The van der Waals surface area contributed by atoms with Crippen molar-refractivity contribution in [1.29, 1.82) is 0 Å². The van der Waals surface area contributed by atoms with Crippen LogP contribution in [0, 0.1) is 5.92 Å². The Kier molecular flexibility index (Phi) is 5.60. The van der Waals surface area contributed by atoms with E-state index in [4.69, 9.17) is 10.9 Å². The molecule has 1 rings (SSSR count). The van der Waals surface area contributed by atoms with Gasteiger partial charge in [0, 0.05) is 12.5 Å². The molecule has 1 fully saturated rings. The molecule has 16 heavy (non-hydrogen) atoms. The molecule has 0 aliphatic heterocycles. The molecule has 1 aliphatic rings. The average molecular weight is 227 g/mol. The highest BCUT2D eigenvalue weighted by Gasteiger charge is 2.21. The van der Waals surface area contributed by atoms with E-state index in [1.807, 2.05) is 0 Å². The molecule has 0 spiro atoms. The molecule has 94 valence electrons. The lowest BCUT2D eigenvalue weighted by molar-refractivity contribution is 0.163. The van der Waals surface area contributed by atoms with Gasteiger partial charge in [0.2, 0.25) is 0 Å². The van der Waals surface area contributed by atoms with Crippen molar-refractivity contribution in [2.24, 2.45) is 16.8 Å². The van der Waals surface area contributed by atoms with Crippen molar-refractivity contribution in [3.63, 3.8) is 0 Å². The Hall–Kier alpha value is -0.770. The van der Waals surface area contributed by atoms with Crippen molar-refractivity contribution in [2.75, 3.05) is 13.6 Å². The third-order valence-electron chi connectivity index (χ3n) is 3.60. The third kappa shape index (κ3) is 4.39. The summed E-state index contributed by atoms with van der Waals surface area (Å²) in [5, 5.41) is 11.4. The van der Waals surface area contributed by atoms with E-state index >= 15 is 0 Å². The Morgan fingerprint density at radius 2 is 2.25 bits per heavy atom. The quantitative estimate of drug-likeness (QED) is 0.327. The van der Waals surface area contributed by atoms with Crippen LogP contribution in [0.3, 0.4) is 0 Å². The van der Waals surface area contributed by atoms with Crippen LogP contribution in [0.2, 0.25) is 0 Å². The molecule has 0 saturated heterocycles. The molecule has 4 heteroatoms. The summed E-state index contributed by atoms with van der Waals surface area (Å²) in [5.41, 5.74) is 5.44. The smallest absolute Gasteiger partial charge is 0.139 e. The van der Waals surface area contributed by atoms with Gasteiger partial charge in [0.25, 0.3) is 0 Å². The van der Waals surface area contributed by atoms with E-state index in [0.717, 1.165) is 24.9 Å². The summed E-state index contributed by atoms with van der Waals surface area (Å²) in [6, 6.07) is 0.732. The van der Waals surface area contributed by atoms with Gasteiger partial charge in [-0.3, -0.25) is 0 Å². The van der Waals surface area contributed by atoms with E-state index in [0.29, 0.717) is 12.3 Å². The summed E-state index contributed by atoms with van der Waals surface area (Å²) in [4.78, 5) is 2.43. The fraction of sp³-hybridized carbons (Fsp3) is 0.917. The summed E-state index contributed by atoms with van der Waals surface area (Å²) in [7, 11) is 2.19. The number of nitrogens with zero attached hydrogens (tertiary/aromatic N) is 2. The Balaban J connectivity index is 2.21. The molecule has 0 aromatic heterocycles. The van der Waals surface area contributed by atoms with Crippen LogP contribution in [0.15, 0.2) is 5.16 Å². The Morgan fingerprint density at radius 1 is 1.50 bits per heavy atom. The molecular formula is C12H25N3O. The van der Waals surface area contributed by atoms with Crippen LogP contribution in [0.25, 0.3) is 0 Å². The molecule has 0 heterocycles. The number of rotatable bonds is 5. The fourth-order valence-corrected chi connectivity index (χ4v) is 2.54. The van der Waals surface area contributed by atoms with E-state index in [1.54, 1.807) is 0 Å². The van der Waals surface area contributed by atoms with Gasteiger partial charge in [-0.2, -0.15) is 0 Å². The van der Waals surface area contributed by atoms with Crippen LogP contribution in [-0.4, -0.2) is 35.6 Å².